The molecule has 0 bridgehead atoms. The van der Waals surface area contributed by atoms with Gasteiger partial charge in [0.25, 0.3) is 0 Å². The average molecular weight is 296 g/mol. The van der Waals surface area contributed by atoms with Crippen molar-refractivity contribution < 1.29 is 4.42 Å². The highest BCUT2D eigenvalue weighted by Gasteiger charge is 2.13. The van der Waals surface area contributed by atoms with Crippen LogP contribution in [0.2, 0.25) is 0 Å². The van der Waals surface area contributed by atoms with E-state index in [4.69, 9.17) is 4.42 Å². The molecule has 0 saturated heterocycles. The minimum absolute atomic E-state index is 0.116. The van der Waals surface area contributed by atoms with Crippen molar-refractivity contribution in [3.8, 4) is 0 Å². The molecule has 17 heavy (non-hydrogen) atoms. The molecule has 1 aromatic heterocycles. The van der Waals surface area contributed by atoms with Crippen LogP contribution < -0.4 is 5.32 Å². The van der Waals surface area contributed by atoms with Gasteiger partial charge in [-0.25, -0.2) is 0 Å². The van der Waals surface area contributed by atoms with E-state index in [9.17, 15) is 0 Å². The van der Waals surface area contributed by atoms with Gasteiger partial charge in [-0.05, 0) is 45.4 Å². The van der Waals surface area contributed by atoms with Crippen molar-refractivity contribution >= 4 is 26.9 Å². The molecule has 0 saturated carbocycles. The Labute approximate surface area is 111 Å². The molecule has 0 amide bonds. The van der Waals surface area contributed by atoms with Crippen molar-refractivity contribution in [1.82, 2.24) is 5.32 Å². The summed E-state index contributed by atoms with van der Waals surface area (Å²) < 4.78 is 6.74. The molecule has 92 valence electrons. The molecule has 0 aliphatic carbocycles. The van der Waals surface area contributed by atoms with Gasteiger partial charge in [0.05, 0.1) is 6.26 Å². The minimum Gasteiger partial charge on any atom is -0.464 e. The third-order valence-corrected chi connectivity index (χ3v) is 3.17. The van der Waals surface area contributed by atoms with Gasteiger partial charge in [0.1, 0.15) is 5.58 Å². The van der Waals surface area contributed by atoms with Gasteiger partial charge in [0, 0.05) is 27.5 Å². The van der Waals surface area contributed by atoms with Crippen molar-refractivity contribution in [2.75, 3.05) is 0 Å². The molecule has 0 atom stereocenters. The number of hydrogen-bond donors (Lipinski definition) is 1. The van der Waals surface area contributed by atoms with Crippen LogP contribution in [0.15, 0.2) is 27.3 Å². The lowest BCUT2D eigenvalue weighted by Crippen LogP contribution is -2.34. The molecule has 3 heteroatoms. The van der Waals surface area contributed by atoms with E-state index in [-0.39, 0.29) is 5.54 Å². The van der Waals surface area contributed by atoms with Crippen molar-refractivity contribution in [2.45, 2.75) is 39.8 Å². The molecule has 0 aliphatic rings. The first-order valence-corrected chi connectivity index (χ1v) is 6.57. The van der Waals surface area contributed by atoms with E-state index < -0.39 is 0 Å². The predicted molar refractivity (Wildman–Crippen MR) is 75.2 cm³/mol. The van der Waals surface area contributed by atoms with E-state index in [0.29, 0.717) is 0 Å². The highest BCUT2D eigenvalue weighted by Crippen LogP contribution is 2.28. The first kappa shape index (κ1) is 12.7. The minimum atomic E-state index is 0.116. The summed E-state index contributed by atoms with van der Waals surface area (Å²) in [7, 11) is 0. The first-order valence-electron chi connectivity index (χ1n) is 5.78. The van der Waals surface area contributed by atoms with Crippen molar-refractivity contribution in [3.05, 3.63) is 34.0 Å². The SMILES string of the molecule is Cc1cc(Br)cc2c(CNC(C)(C)C)coc12. The van der Waals surface area contributed by atoms with Gasteiger partial charge in [0.15, 0.2) is 0 Å². The number of hydrogen-bond acceptors (Lipinski definition) is 2. The summed E-state index contributed by atoms with van der Waals surface area (Å²) in [5.41, 5.74) is 3.47. The normalized spacial score (nSPS) is 12.3. The van der Waals surface area contributed by atoms with Crippen LogP contribution in [0.3, 0.4) is 0 Å². The second-order valence-corrected chi connectivity index (χ2v) is 6.38. The third kappa shape index (κ3) is 2.90. The van der Waals surface area contributed by atoms with E-state index >= 15 is 0 Å². The Morgan fingerprint density at radius 3 is 2.65 bits per heavy atom. The van der Waals surface area contributed by atoms with Gasteiger partial charge in [-0.2, -0.15) is 0 Å². The number of aryl methyl sites for hydroxylation is 1. The summed E-state index contributed by atoms with van der Waals surface area (Å²) in [6.45, 7) is 9.38. The van der Waals surface area contributed by atoms with Crippen LogP contribution in [0, 0.1) is 6.92 Å². The highest BCUT2D eigenvalue weighted by atomic mass is 79.9. The van der Waals surface area contributed by atoms with Crippen molar-refractivity contribution in [1.29, 1.82) is 0 Å². The summed E-state index contributed by atoms with van der Waals surface area (Å²) in [6.07, 6.45) is 1.85. The Morgan fingerprint density at radius 1 is 1.29 bits per heavy atom. The highest BCUT2D eigenvalue weighted by molar-refractivity contribution is 9.10. The molecule has 2 nitrogen and oxygen atoms in total. The quantitative estimate of drug-likeness (QED) is 0.889. The van der Waals surface area contributed by atoms with E-state index in [2.05, 4.69) is 61.1 Å². The molecule has 1 aromatic carbocycles. The van der Waals surface area contributed by atoms with Gasteiger partial charge in [0.2, 0.25) is 0 Å². The molecule has 0 fully saturated rings. The monoisotopic (exact) mass is 295 g/mol. The van der Waals surface area contributed by atoms with Gasteiger partial charge < -0.3 is 9.73 Å². The zero-order valence-corrected chi connectivity index (χ0v) is 12.3. The molecular formula is C14H18BrNO. The van der Waals surface area contributed by atoms with E-state index in [1.54, 1.807) is 0 Å². The Kier molecular flexibility index (Phi) is 3.32. The summed E-state index contributed by atoms with van der Waals surface area (Å²) in [5, 5.41) is 4.67. The molecular weight excluding hydrogens is 278 g/mol. The molecule has 0 spiro atoms. The number of benzene rings is 1. The lowest BCUT2D eigenvalue weighted by molar-refractivity contribution is 0.423. The van der Waals surface area contributed by atoms with E-state index in [1.165, 1.54) is 10.9 Å². The molecule has 2 rings (SSSR count). The molecule has 1 N–H and O–H groups in total. The van der Waals surface area contributed by atoms with Gasteiger partial charge in [-0.3, -0.25) is 0 Å². The molecule has 0 aliphatic heterocycles. The first-order chi connectivity index (χ1) is 7.87. The maximum atomic E-state index is 5.64. The zero-order valence-electron chi connectivity index (χ0n) is 10.7. The predicted octanol–water partition coefficient (Wildman–Crippen LogP) is 4.39. The fraction of sp³-hybridized carbons (Fsp3) is 0.429. The van der Waals surface area contributed by atoms with Crippen LogP contribution in [0.1, 0.15) is 31.9 Å². The molecule has 2 aromatic rings. The molecule has 0 radical (unpaired) electrons. The topological polar surface area (TPSA) is 25.2 Å². The molecule has 0 unspecified atom stereocenters. The summed E-state index contributed by atoms with van der Waals surface area (Å²) in [4.78, 5) is 0. The lowest BCUT2D eigenvalue weighted by atomic mass is 10.1. The summed E-state index contributed by atoms with van der Waals surface area (Å²) >= 11 is 3.53. The summed E-state index contributed by atoms with van der Waals surface area (Å²) in [5.74, 6) is 0. The van der Waals surface area contributed by atoms with Crippen molar-refractivity contribution in [2.24, 2.45) is 0 Å². The number of furan rings is 1. The lowest BCUT2D eigenvalue weighted by Gasteiger charge is -2.20. The number of rotatable bonds is 2. The third-order valence-electron chi connectivity index (χ3n) is 2.71. The van der Waals surface area contributed by atoms with Crippen LogP contribution in [0.4, 0.5) is 0 Å². The fourth-order valence-corrected chi connectivity index (χ4v) is 2.39. The largest absolute Gasteiger partial charge is 0.464 e. The maximum Gasteiger partial charge on any atom is 0.137 e. The van der Waals surface area contributed by atoms with Gasteiger partial charge >= 0.3 is 0 Å². The maximum absolute atomic E-state index is 5.64. The van der Waals surface area contributed by atoms with Gasteiger partial charge in [-0.1, -0.05) is 15.9 Å². The zero-order chi connectivity index (χ0) is 12.6. The fourth-order valence-electron chi connectivity index (χ4n) is 1.82. The van der Waals surface area contributed by atoms with E-state index in [1.807, 2.05) is 6.26 Å². The van der Waals surface area contributed by atoms with Crippen LogP contribution in [-0.4, -0.2) is 5.54 Å². The van der Waals surface area contributed by atoms with Crippen LogP contribution >= 0.6 is 15.9 Å². The Morgan fingerprint density at radius 2 is 2.00 bits per heavy atom. The Hall–Kier alpha value is -0.800. The standard InChI is InChI=1S/C14H18BrNO/c1-9-5-11(15)6-12-10(8-17-13(9)12)7-16-14(2,3)4/h5-6,8,16H,7H2,1-4H3. The van der Waals surface area contributed by atoms with Crippen molar-refractivity contribution in [3.63, 3.8) is 0 Å². The van der Waals surface area contributed by atoms with Crippen LogP contribution in [0.25, 0.3) is 11.0 Å². The second kappa shape index (κ2) is 4.46. The number of fused-ring (bicyclic) bond motifs is 1. The molecule has 1 heterocycles. The average Bonchev–Trinajstić information content (AvgIpc) is 2.57. The van der Waals surface area contributed by atoms with Crippen LogP contribution in [0.5, 0.6) is 0 Å². The number of nitrogens with one attached hydrogen (secondary N) is 1. The smallest absolute Gasteiger partial charge is 0.137 e. The Bertz CT molecular complexity index is 537. The number of halogens is 1. The van der Waals surface area contributed by atoms with E-state index in [0.717, 1.165) is 22.2 Å². The Balaban J connectivity index is 2.36. The van der Waals surface area contributed by atoms with Gasteiger partial charge in [-0.15, -0.1) is 0 Å². The summed E-state index contributed by atoms with van der Waals surface area (Å²) in [6, 6.07) is 4.19. The van der Waals surface area contributed by atoms with Crippen LogP contribution in [-0.2, 0) is 6.54 Å². The second-order valence-electron chi connectivity index (χ2n) is 5.46.